The van der Waals surface area contributed by atoms with Crippen molar-refractivity contribution in [3.8, 4) is 17.6 Å². The Morgan fingerprint density at radius 1 is 1.14 bits per heavy atom. The van der Waals surface area contributed by atoms with E-state index in [2.05, 4.69) is 0 Å². The monoisotopic (exact) mass is 298 g/mol. The summed E-state index contributed by atoms with van der Waals surface area (Å²) in [6.45, 7) is 2.56. The lowest BCUT2D eigenvalue weighted by Crippen LogP contribution is -2.00. The van der Waals surface area contributed by atoms with E-state index in [9.17, 15) is 10.1 Å². The van der Waals surface area contributed by atoms with Gasteiger partial charge in [-0.3, -0.25) is 10.1 Å². The van der Waals surface area contributed by atoms with E-state index < -0.39 is 4.92 Å². The van der Waals surface area contributed by atoms with E-state index in [4.69, 9.17) is 14.7 Å². The van der Waals surface area contributed by atoms with Crippen LogP contribution in [-0.4, -0.2) is 11.5 Å². The molecular formula is C16H14N2O4. The second-order valence-corrected chi connectivity index (χ2v) is 4.42. The number of benzene rings is 2. The van der Waals surface area contributed by atoms with Crippen molar-refractivity contribution in [1.29, 1.82) is 5.26 Å². The molecule has 0 heterocycles. The van der Waals surface area contributed by atoms with Crippen LogP contribution in [0.15, 0.2) is 42.5 Å². The van der Waals surface area contributed by atoms with E-state index in [1.807, 2.05) is 13.0 Å². The highest BCUT2D eigenvalue weighted by molar-refractivity contribution is 5.47. The molecule has 0 N–H and O–H groups in total. The largest absolute Gasteiger partial charge is 0.490 e. The van der Waals surface area contributed by atoms with Crippen molar-refractivity contribution in [3.63, 3.8) is 0 Å². The zero-order chi connectivity index (χ0) is 15.9. The first-order valence-corrected chi connectivity index (χ1v) is 6.67. The maximum atomic E-state index is 10.6. The summed E-state index contributed by atoms with van der Waals surface area (Å²) in [5.41, 5.74) is 1.33. The van der Waals surface area contributed by atoms with Gasteiger partial charge in [-0.15, -0.1) is 0 Å². The Morgan fingerprint density at radius 2 is 1.86 bits per heavy atom. The highest BCUT2D eigenvalue weighted by atomic mass is 16.6. The molecule has 22 heavy (non-hydrogen) atoms. The smallest absolute Gasteiger partial charge is 0.269 e. The Bertz CT molecular complexity index is 705. The average Bonchev–Trinajstić information content (AvgIpc) is 2.54. The minimum absolute atomic E-state index is 0.0390. The molecule has 0 atom stereocenters. The Hall–Kier alpha value is -3.07. The van der Waals surface area contributed by atoms with Gasteiger partial charge in [0.2, 0.25) is 0 Å². The van der Waals surface area contributed by atoms with Crippen LogP contribution in [0.5, 0.6) is 11.5 Å². The first-order valence-electron chi connectivity index (χ1n) is 6.67. The van der Waals surface area contributed by atoms with Crippen LogP contribution < -0.4 is 9.47 Å². The molecule has 0 aliphatic heterocycles. The number of hydrogen-bond donors (Lipinski definition) is 0. The Balaban J connectivity index is 2.10. The lowest BCUT2D eigenvalue weighted by molar-refractivity contribution is -0.384. The standard InChI is InChI=1S/C16H14N2O4/c1-2-21-16-9-13(10-17)5-8-15(16)22-11-12-3-6-14(7-4-12)18(19)20/h3-9H,2,11H2,1H3. The molecule has 112 valence electrons. The van der Waals surface area contributed by atoms with Gasteiger partial charge in [-0.05, 0) is 36.8 Å². The third kappa shape index (κ3) is 3.73. The summed E-state index contributed by atoms with van der Waals surface area (Å²) in [5, 5.41) is 19.5. The second-order valence-electron chi connectivity index (χ2n) is 4.42. The molecule has 2 aromatic rings. The Labute approximate surface area is 127 Å². The lowest BCUT2D eigenvalue weighted by atomic mass is 10.2. The molecule has 0 bridgehead atoms. The predicted octanol–water partition coefficient (Wildman–Crippen LogP) is 3.44. The van der Waals surface area contributed by atoms with Crippen LogP contribution in [0.2, 0.25) is 0 Å². The number of hydrogen-bond acceptors (Lipinski definition) is 5. The van der Waals surface area contributed by atoms with Crippen molar-refractivity contribution in [1.82, 2.24) is 0 Å². The van der Waals surface area contributed by atoms with Crippen molar-refractivity contribution in [2.45, 2.75) is 13.5 Å². The molecule has 0 unspecified atom stereocenters. The summed E-state index contributed by atoms with van der Waals surface area (Å²) in [5.74, 6) is 1.03. The first-order chi connectivity index (χ1) is 10.6. The fourth-order valence-corrected chi connectivity index (χ4v) is 1.84. The summed E-state index contributed by atoms with van der Waals surface area (Å²) >= 11 is 0. The first kappa shape index (κ1) is 15.3. The highest BCUT2D eigenvalue weighted by Gasteiger charge is 2.08. The zero-order valence-electron chi connectivity index (χ0n) is 12.0. The third-order valence-corrected chi connectivity index (χ3v) is 2.91. The van der Waals surface area contributed by atoms with Crippen LogP contribution in [0.1, 0.15) is 18.1 Å². The van der Waals surface area contributed by atoms with Crippen molar-refractivity contribution >= 4 is 5.69 Å². The van der Waals surface area contributed by atoms with E-state index in [0.29, 0.717) is 23.7 Å². The summed E-state index contributed by atoms with van der Waals surface area (Å²) < 4.78 is 11.1. The van der Waals surface area contributed by atoms with Crippen molar-refractivity contribution in [2.75, 3.05) is 6.61 Å². The summed E-state index contributed by atoms with van der Waals surface area (Å²) in [6.07, 6.45) is 0. The quantitative estimate of drug-likeness (QED) is 0.602. The van der Waals surface area contributed by atoms with Gasteiger partial charge in [0.1, 0.15) is 6.61 Å². The van der Waals surface area contributed by atoms with Crippen LogP contribution in [0.4, 0.5) is 5.69 Å². The normalized spacial score (nSPS) is 9.82. The fraction of sp³-hybridized carbons (Fsp3) is 0.188. The van der Waals surface area contributed by atoms with Crippen LogP contribution in [0.3, 0.4) is 0 Å². The van der Waals surface area contributed by atoms with Crippen molar-refractivity contribution < 1.29 is 14.4 Å². The SMILES string of the molecule is CCOc1cc(C#N)ccc1OCc1ccc([N+](=O)[O-])cc1. The maximum absolute atomic E-state index is 10.6. The van der Waals surface area contributed by atoms with Gasteiger partial charge in [-0.25, -0.2) is 0 Å². The van der Waals surface area contributed by atoms with Gasteiger partial charge in [0.05, 0.1) is 23.2 Å². The molecule has 0 aliphatic rings. The van der Waals surface area contributed by atoms with E-state index in [1.165, 1.54) is 12.1 Å². The molecule has 0 aliphatic carbocycles. The summed E-state index contributed by atoms with van der Waals surface area (Å²) in [4.78, 5) is 10.2. The summed E-state index contributed by atoms with van der Waals surface area (Å²) in [6, 6.07) is 13.1. The Kier molecular flexibility index (Phi) is 4.94. The van der Waals surface area contributed by atoms with E-state index in [1.54, 1.807) is 30.3 Å². The molecule has 0 saturated carbocycles. The number of nitriles is 1. The number of nitrogens with zero attached hydrogens (tertiary/aromatic N) is 2. The number of nitro groups is 1. The Morgan fingerprint density at radius 3 is 2.45 bits per heavy atom. The fourth-order valence-electron chi connectivity index (χ4n) is 1.84. The molecule has 0 spiro atoms. The highest BCUT2D eigenvalue weighted by Crippen LogP contribution is 2.29. The molecule has 0 radical (unpaired) electrons. The molecule has 6 nitrogen and oxygen atoms in total. The minimum atomic E-state index is -0.446. The molecular weight excluding hydrogens is 284 g/mol. The second kappa shape index (κ2) is 7.09. The van der Waals surface area contributed by atoms with Crippen molar-refractivity contribution in [2.24, 2.45) is 0 Å². The molecule has 0 aromatic heterocycles. The van der Waals surface area contributed by atoms with E-state index >= 15 is 0 Å². The van der Waals surface area contributed by atoms with Gasteiger partial charge >= 0.3 is 0 Å². The minimum Gasteiger partial charge on any atom is -0.490 e. The molecule has 2 aromatic carbocycles. The number of nitro benzene ring substituents is 1. The van der Waals surface area contributed by atoms with Gasteiger partial charge < -0.3 is 9.47 Å². The van der Waals surface area contributed by atoms with Gasteiger partial charge in [0.15, 0.2) is 11.5 Å². The molecule has 6 heteroatoms. The molecule has 2 rings (SSSR count). The van der Waals surface area contributed by atoms with Crippen LogP contribution in [0.25, 0.3) is 0 Å². The maximum Gasteiger partial charge on any atom is 0.269 e. The zero-order valence-corrected chi connectivity index (χ0v) is 12.0. The van der Waals surface area contributed by atoms with E-state index in [-0.39, 0.29) is 12.3 Å². The summed E-state index contributed by atoms with van der Waals surface area (Å²) in [7, 11) is 0. The van der Waals surface area contributed by atoms with Gasteiger partial charge in [0.25, 0.3) is 5.69 Å². The number of rotatable bonds is 6. The molecule has 0 fully saturated rings. The van der Waals surface area contributed by atoms with Crippen molar-refractivity contribution in [3.05, 3.63) is 63.7 Å². The van der Waals surface area contributed by atoms with Gasteiger partial charge in [-0.1, -0.05) is 0 Å². The third-order valence-electron chi connectivity index (χ3n) is 2.91. The average molecular weight is 298 g/mol. The van der Waals surface area contributed by atoms with Crippen LogP contribution >= 0.6 is 0 Å². The van der Waals surface area contributed by atoms with Gasteiger partial charge in [0, 0.05) is 18.2 Å². The van der Waals surface area contributed by atoms with E-state index in [0.717, 1.165) is 5.56 Å². The predicted molar refractivity (Wildman–Crippen MR) is 79.8 cm³/mol. The topological polar surface area (TPSA) is 85.4 Å². The molecule has 0 saturated heterocycles. The lowest BCUT2D eigenvalue weighted by Gasteiger charge is -2.12. The number of non-ortho nitro benzene ring substituents is 1. The van der Waals surface area contributed by atoms with Crippen LogP contribution in [0, 0.1) is 21.4 Å². The van der Waals surface area contributed by atoms with Gasteiger partial charge in [-0.2, -0.15) is 5.26 Å². The van der Waals surface area contributed by atoms with Crippen LogP contribution in [-0.2, 0) is 6.61 Å². The number of ether oxygens (including phenoxy) is 2. The molecule has 0 amide bonds.